The van der Waals surface area contributed by atoms with E-state index >= 15 is 0 Å². The Labute approximate surface area is 137 Å². The monoisotopic (exact) mass is 322 g/mol. The lowest BCUT2D eigenvalue weighted by atomic mass is 10.1. The van der Waals surface area contributed by atoms with Crippen LogP contribution in [0.5, 0.6) is 0 Å². The smallest absolute Gasteiger partial charge is 0.237 e. The molecule has 3 atom stereocenters. The molecule has 1 aliphatic heterocycles. The van der Waals surface area contributed by atoms with Crippen LogP contribution in [0.3, 0.4) is 0 Å². The molecule has 3 unspecified atom stereocenters. The molecule has 1 saturated heterocycles. The van der Waals surface area contributed by atoms with E-state index in [4.69, 9.17) is 15.2 Å². The van der Waals surface area contributed by atoms with Crippen molar-refractivity contribution in [3.63, 3.8) is 0 Å². The standard InChI is InChI=1S/C17H26N2O4/c18-16(17(21)19-9-14-6-7-22-11-14)8-15(20)12-23-10-13-4-2-1-3-5-13/h1-5,14-16,20H,6-12,18H2,(H,19,21). The number of hydrogen-bond donors (Lipinski definition) is 3. The Morgan fingerprint density at radius 1 is 1.43 bits per heavy atom. The van der Waals surface area contributed by atoms with Crippen LogP contribution in [0.1, 0.15) is 18.4 Å². The zero-order chi connectivity index (χ0) is 16.5. The minimum Gasteiger partial charge on any atom is -0.391 e. The van der Waals surface area contributed by atoms with Crippen molar-refractivity contribution < 1.29 is 19.4 Å². The number of ether oxygens (including phenoxy) is 2. The number of nitrogens with two attached hydrogens (primary N) is 1. The normalized spacial score (nSPS) is 20.2. The minimum absolute atomic E-state index is 0.159. The first-order valence-electron chi connectivity index (χ1n) is 8.06. The average molecular weight is 322 g/mol. The molecule has 1 amide bonds. The van der Waals surface area contributed by atoms with E-state index in [9.17, 15) is 9.90 Å². The van der Waals surface area contributed by atoms with Gasteiger partial charge in [-0.2, -0.15) is 0 Å². The van der Waals surface area contributed by atoms with Crippen molar-refractivity contribution in [1.29, 1.82) is 0 Å². The molecule has 1 aliphatic rings. The number of amides is 1. The molecule has 0 aromatic heterocycles. The van der Waals surface area contributed by atoms with Crippen molar-refractivity contribution in [3.05, 3.63) is 35.9 Å². The lowest BCUT2D eigenvalue weighted by Crippen LogP contribution is -2.44. The summed E-state index contributed by atoms with van der Waals surface area (Å²) in [6.07, 6.45) is 0.391. The summed E-state index contributed by atoms with van der Waals surface area (Å²) in [6, 6.07) is 8.99. The van der Waals surface area contributed by atoms with Gasteiger partial charge in [0.15, 0.2) is 0 Å². The predicted octanol–water partition coefficient (Wildman–Crippen LogP) is 0.434. The number of aliphatic hydroxyl groups excluding tert-OH is 1. The molecular formula is C17H26N2O4. The molecule has 0 saturated carbocycles. The molecule has 1 heterocycles. The van der Waals surface area contributed by atoms with Gasteiger partial charge in [0.1, 0.15) is 0 Å². The fourth-order valence-electron chi connectivity index (χ4n) is 2.48. The quantitative estimate of drug-likeness (QED) is 0.613. The van der Waals surface area contributed by atoms with Crippen LogP contribution in [0, 0.1) is 5.92 Å². The second kappa shape index (κ2) is 9.62. The average Bonchev–Trinajstić information content (AvgIpc) is 3.07. The third-order valence-corrected chi connectivity index (χ3v) is 3.87. The van der Waals surface area contributed by atoms with Crippen molar-refractivity contribution in [1.82, 2.24) is 5.32 Å². The second-order valence-corrected chi connectivity index (χ2v) is 5.97. The van der Waals surface area contributed by atoms with E-state index in [0.29, 0.717) is 25.7 Å². The van der Waals surface area contributed by atoms with Gasteiger partial charge in [0.2, 0.25) is 5.91 Å². The first-order valence-corrected chi connectivity index (χ1v) is 8.06. The summed E-state index contributed by atoms with van der Waals surface area (Å²) in [6.45, 7) is 2.61. The molecule has 0 radical (unpaired) electrons. The Morgan fingerprint density at radius 2 is 2.22 bits per heavy atom. The number of aliphatic hydroxyl groups is 1. The predicted molar refractivity (Wildman–Crippen MR) is 86.6 cm³/mol. The Kier molecular flexibility index (Phi) is 7.48. The summed E-state index contributed by atoms with van der Waals surface area (Å²) in [5.74, 6) is 0.129. The highest BCUT2D eigenvalue weighted by molar-refractivity contribution is 5.81. The van der Waals surface area contributed by atoms with Gasteiger partial charge in [0.25, 0.3) is 0 Å². The maximum atomic E-state index is 11.9. The molecule has 0 aliphatic carbocycles. The number of carbonyl (C=O) groups is 1. The highest BCUT2D eigenvalue weighted by Crippen LogP contribution is 2.10. The van der Waals surface area contributed by atoms with Crippen molar-refractivity contribution in [2.75, 3.05) is 26.4 Å². The molecule has 1 fully saturated rings. The van der Waals surface area contributed by atoms with Gasteiger partial charge in [-0.3, -0.25) is 4.79 Å². The fourth-order valence-corrected chi connectivity index (χ4v) is 2.48. The van der Waals surface area contributed by atoms with Gasteiger partial charge in [-0.1, -0.05) is 30.3 Å². The topological polar surface area (TPSA) is 93.8 Å². The largest absolute Gasteiger partial charge is 0.391 e. The van der Waals surface area contributed by atoms with E-state index in [2.05, 4.69) is 5.32 Å². The molecule has 0 bridgehead atoms. The first kappa shape index (κ1) is 17.9. The molecule has 6 heteroatoms. The number of nitrogens with one attached hydrogen (secondary N) is 1. The molecule has 1 aromatic rings. The minimum atomic E-state index is -0.755. The van der Waals surface area contributed by atoms with Crippen molar-refractivity contribution >= 4 is 5.91 Å². The van der Waals surface area contributed by atoms with Crippen molar-refractivity contribution in [2.24, 2.45) is 11.7 Å². The van der Waals surface area contributed by atoms with E-state index in [1.165, 1.54) is 0 Å². The van der Waals surface area contributed by atoms with Crippen molar-refractivity contribution in [3.8, 4) is 0 Å². The summed E-state index contributed by atoms with van der Waals surface area (Å²) in [7, 11) is 0. The van der Waals surface area contributed by atoms with E-state index in [1.54, 1.807) is 0 Å². The number of rotatable bonds is 9. The molecule has 2 rings (SSSR count). The summed E-state index contributed by atoms with van der Waals surface area (Å²) in [5.41, 5.74) is 6.87. The second-order valence-electron chi connectivity index (χ2n) is 5.97. The van der Waals surface area contributed by atoms with Gasteiger partial charge < -0.3 is 25.6 Å². The van der Waals surface area contributed by atoms with Crippen molar-refractivity contribution in [2.45, 2.75) is 31.6 Å². The van der Waals surface area contributed by atoms with Gasteiger partial charge >= 0.3 is 0 Å². The Balaban J connectivity index is 1.59. The SMILES string of the molecule is NC(CC(O)COCc1ccccc1)C(=O)NCC1CCOC1. The Hall–Kier alpha value is -1.47. The maximum absolute atomic E-state index is 11.9. The highest BCUT2D eigenvalue weighted by Gasteiger charge is 2.21. The van der Waals surface area contributed by atoms with E-state index in [0.717, 1.165) is 18.6 Å². The molecule has 4 N–H and O–H groups in total. The fraction of sp³-hybridized carbons (Fsp3) is 0.588. The number of carbonyl (C=O) groups excluding carboxylic acids is 1. The molecule has 0 spiro atoms. The zero-order valence-corrected chi connectivity index (χ0v) is 13.3. The van der Waals surface area contributed by atoms with E-state index in [-0.39, 0.29) is 18.9 Å². The Bertz CT molecular complexity index is 463. The van der Waals surface area contributed by atoms with Crippen LogP contribution >= 0.6 is 0 Å². The van der Waals surface area contributed by atoms with Gasteiger partial charge in [-0.05, 0) is 18.4 Å². The maximum Gasteiger partial charge on any atom is 0.237 e. The number of benzene rings is 1. The molecule has 1 aromatic carbocycles. The van der Waals surface area contributed by atoms with Crippen LogP contribution in [0.15, 0.2) is 30.3 Å². The third kappa shape index (κ3) is 6.66. The summed E-state index contributed by atoms with van der Waals surface area (Å²) >= 11 is 0. The van der Waals surface area contributed by atoms with Crippen LogP contribution in [0.2, 0.25) is 0 Å². The molecule has 23 heavy (non-hydrogen) atoms. The Morgan fingerprint density at radius 3 is 2.91 bits per heavy atom. The van der Waals surface area contributed by atoms with E-state index < -0.39 is 12.1 Å². The molecular weight excluding hydrogens is 296 g/mol. The van der Waals surface area contributed by atoms with Crippen LogP contribution in [-0.4, -0.2) is 49.5 Å². The first-order chi connectivity index (χ1) is 11.1. The molecule has 128 valence electrons. The lowest BCUT2D eigenvalue weighted by molar-refractivity contribution is -0.123. The van der Waals surface area contributed by atoms with Crippen LogP contribution in [0.25, 0.3) is 0 Å². The van der Waals surface area contributed by atoms with Gasteiger partial charge in [0, 0.05) is 19.1 Å². The van der Waals surface area contributed by atoms with Crippen LogP contribution < -0.4 is 11.1 Å². The van der Waals surface area contributed by atoms with Gasteiger partial charge in [-0.25, -0.2) is 0 Å². The number of hydrogen-bond acceptors (Lipinski definition) is 5. The van der Waals surface area contributed by atoms with Gasteiger partial charge in [-0.15, -0.1) is 0 Å². The summed E-state index contributed by atoms with van der Waals surface area (Å²) in [4.78, 5) is 11.9. The zero-order valence-electron chi connectivity index (χ0n) is 13.3. The third-order valence-electron chi connectivity index (χ3n) is 3.87. The highest BCUT2D eigenvalue weighted by atomic mass is 16.5. The van der Waals surface area contributed by atoms with Crippen LogP contribution in [0.4, 0.5) is 0 Å². The lowest BCUT2D eigenvalue weighted by Gasteiger charge is -2.17. The summed E-state index contributed by atoms with van der Waals surface area (Å²) in [5, 5.41) is 12.7. The summed E-state index contributed by atoms with van der Waals surface area (Å²) < 4.78 is 10.7. The molecule has 6 nitrogen and oxygen atoms in total. The van der Waals surface area contributed by atoms with Crippen LogP contribution in [-0.2, 0) is 20.9 Å². The van der Waals surface area contributed by atoms with Gasteiger partial charge in [0.05, 0.1) is 32.0 Å². The van der Waals surface area contributed by atoms with E-state index in [1.807, 2.05) is 30.3 Å².